The van der Waals surface area contributed by atoms with E-state index < -0.39 is 23.3 Å². The summed E-state index contributed by atoms with van der Waals surface area (Å²) in [5.74, 6) is -2.91. The zero-order valence-corrected chi connectivity index (χ0v) is 16.4. The van der Waals surface area contributed by atoms with Crippen molar-refractivity contribution in [2.45, 2.75) is 39.7 Å². The number of benzene rings is 2. The molecule has 1 heterocycles. The Morgan fingerprint density at radius 2 is 1.93 bits per heavy atom. The minimum absolute atomic E-state index is 0.00607. The minimum atomic E-state index is -0.900. The van der Waals surface area contributed by atoms with Crippen LogP contribution in [0, 0.1) is 18.6 Å². The van der Waals surface area contributed by atoms with Gasteiger partial charge < -0.3 is 10.4 Å². The molecular formula is C22H22F2N2O3. The quantitative estimate of drug-likeness (QED) is 0.678. The highest BCUT2D eigenvalue weighted by molar-refractivity contribution is 6.05. The molecule has 0 bridgehead atoms. The number of amides is 1. The summed E-state index contributed by atoms with van der Waals surface area (Å²) in [6.07, 6.45) is 0.580. The first-order valence-corrected chi connectivity index (χ1v) is 9.35. The molecule has 0 radical (unpaired) electrons. The van der Waals surface area contributed by atoms with Crippen molar-refractivity contribution in [1.29, 1.82) is 0 Å². The number of phenols is 1. The van der Waals surface area contributed by atoms with Crippen LogP contribution < -0.4 is 5.32 Å². The fourth-order valence-corrected chi connectivity index (χ4v) is 3.34. The van der Waals surface area contributed by atoms with E-state index in [0.29, 0.717) is 11.3 Å². The Bertz CT molecular complexity index is 1110. The molecule has 3 aromatic rings. The molecule has 0 saturated heterocycles. The molecule has 1 atom stereocenters. The van der Waals surface area contributed by atoms with E-state index in [0.717, 1.165) is 18.6 Å². The summed E-state index contributed by atoms with van der Waals surface area (Å²) in [5.41, 5.74) is 0.963. The molecule has 0 aliphatic heterocycles. The van der Waals surface area contributed by atoms with Crippen LogP contribution in [0.1, 0.15) is 41.9 Å². The number of halogens is 2. The molecule has 7 heteroatoms. The van der Waals surface area contributed by atoms with Gasteiger partial charge >= 0.3 is 0 Å². The molecular weight excluding hydrogens is 378 g/mol. The van der Waals surface area contributed by atoms with E-state index in [9.17, 15) is 23.5 Å². The lowest BCUT2D eigenvalue weighted by Gasteiger charge is -2.12. The van der Waals surface area contributed by atoms with Crippen LogP contribution in [0.5, 0.6) is 5.75 Å². The van der Waals surface area contributed by atoms with Crippen molar-refractivity contribution in [1.82, 2.24) is 9.88 Å². The number of phenolic OH excluding ortho intramolecular Hbond substituents is 1. The lowest BCUT2D eigenvalue weighted by molar-refractivity contribution is -0.121. The van der Waals surface area contributed by atoms with Crippen molar-refractivity contribution < 1.29 is 23.5 Å². The summed E-state index contributed by atoms with van der Waals surface area (Å²) < 4.78 is 29.6. The van der Waals surface area contributed by atoms with Gasteiger partial charge in [-0.15, -0.1) is 0 Å². The first kappa shape index (κ1) is 20.5. The predicted octanol–water partition coefficient (Wildman–Crippen LogP) is 4.08. The van der Waals surface area contributed by atoms with Gasteiger partial charge in [0.25, 0.3) is 5.91 Å². The number of fused-ring (bicyclic) bond motifs is 1. The van der Waals surface area contributed by atoms with E-state index in [-0.39, 0.29) is 34.8 Å². The lowest BCUT2D eigenvalue weighted by atomic mass is 10.1. The zero-order chi connectivity index (χ0) is 21.3. The molecule has 0 fully saturated rings. The van der Waals surface area contributed by atoms with Crippen LogP contribution in [0.3, 0.4) is 0 Å². The van der Waals surface area contributed by atoms with Gasteiger partial charge in [-0.25, -0.2) is 8.78 Å². The summed E-state index contributed by atoms with van der Waals surface area (Å²) in [6.45, 7) is 5.38. The molecule has 152 valence electrons. The molecule has 5 nitrogen and oxygen atoms in total. The average Bonchev–Trinajstić information content (AvgIpc) is 2.96. The van der Waals surface area contributed by atoms with Gasteiger partial charge in [0.2, 0.25) is 5.91 Å². The largest absolute Gasteiger partial charge is 0.505 e. The number of hydrogen-bond acceptors (Lipinski definition) is 3. The fraction of sp³-hybridized carbons (Fsp3) is 0.273. The minimum Gasteiger partial charge on any atom is -0.505 e. The number of carbonyl (C=O) groups is 2. The SMILES string of the molecule is CCC(C)NC(=O)Cc1c(C)n(C(=O)c2cccc(F)c2)c2ccc(O)c(F)c12. The molecule has 29 heavy (non-hydrogen) atoms. The van der Waals surface area contributed by atoms with Crippen molar-refractivity contribution in [2.75, 3.05) is 0 Å². The van der Waals surface area contributed by atoms with E-state index >= 15 is 0 Å². The summed E-state index contributed by atoms with van der Waals surface area (Å²) >= 11 is 0. The standard InChI is InChI=1S/C22H22F2N2O3/c1-4-12(2)25-19(28)11-16-13(3)26(17-8-9-18(27)21(24)20(16)17)22(29)14-6-5-7-15(23)10-14/h5-10,12,27H,4,11H2,1-3H3,(H,25,28). The molecule has 1 aromatic heterocycles. The van der Waals surface area contributed by atoms with Gasteiger partial charge in [-0.1, -0.05) is 13.0 Å². The molecule has 2 N–H and O–H groups in total. The van der Waals surface area contributed by atoms with Crippen molar-refractivity contribution in [3.63, 3.8) is 0 Å². The third-order valence-electron chi connectivity index (χ3n) is 5.05. The smallest absolute Gasteiger partial charge is 0.262 e. The van der Waals surface area contributed by atoms with E-state index in [1.807, 2.05) is 13.8 Å². The highest BCUT2D eigenvalue weighted by Gasteiger charge is 2.25. The summed E-state index contributed by atoms with van der Waals surface area (Å²) in [6, 6.07) is 7.70. The number of nitrogens with zero attached hydrogens (tertiary/aromatic N) is 1. The van der Waals surface area contributed by atoms with Crippen LogP contribution in [-0.2, 0) is 11.2 Å². The number of rotatable bonds is 5. The monoisotopic (exact) mass is 400 g/mol. The Hall–Kier alpha value is -3.22. The summed E-state index contributed by atoms with van der Waals surface area (Å²) in [5, 5.41) is 12.7. The van der Waals surface area contributed by atoms with E-state index in [4.69, 9.17) is 0 Å². The number of nitrogens with one attached hydrogen (secondary N) is 1. The summed E-state index contributed by atoms with van der Waals surface area (Å²) in [4.78, 5) is 25.5. The third kappa shape index (κ3) is 3.85. The first-order valence-electron chi connectivity index (χ1n) is 9.35. The normalized spacial score (nSPS) is 12.2. The first-order chi connectivity index (χ1) is 13.7. The number of hydrogen-bond donors (Lipinski definition) is 2. The Labute approximate surface area is 167 Å². The van der Waals surface area contributed by atoms with Crippen LogP contribution in [0.4, 0.5) is 8.78 Å². The van der Waals surface area contributed by atoms with E-state index in [1.54, 1.807) is 6.92 Å². The molecule has 0 aliphatic rings. The van der Waals surface area contributed by atoms with Gasteiger partial charge in [0.05, 0.1) is 11.9 Å². The van der Waals surface area contributed by atoms with Gasteiger partial charge in [0, 0.05) is 22.7 Å². The average molecular weight is 400 g/mol. The number of carbonyl (C=O) groups excluding carboxylic acids is 2. The Balaban J connectivity index is 2.17. The van der Waals surface area contributed by atoms with Gasteiger partial charge in [0.15, 0.2) is 11.6 Å². The molecule has 3 rings (SSSR count). The second-order valence-electron chi connectivity index (χ2n) is 7.06. The van der Waals surface area contributed by atoms with Gasteiger partial charge in [0.1, 0.15) is 5.82 Å². The van der Waals surface area contributed by atoms with Crippen LogP contribution in [-0.4, -0.2) is 27.5 Å². The van der Waals surface area contributed by atoms with Crippen LogP contribution in [0.25, 0.3) is 10.9 Å². The van der Waals surface area contributed by atoms with Crippen molar-refractivity contribution in [2.24, 2.45) is 0 Å². The van der Waals surface area contributed by atoms with Crippen LogP contribution >= 0.6 is 0 Å². The van der Waals surface area contributed by atoms with Crippen molar-refractivity contribution >= 4 is 22.7 Å². The van der Waals surface area contributed by atoms with E-state index in [1.165, 1.54) is 28.8 Å². The molecule has 1 amide bonds. The molecule has 0 aliphatic carbocycles. The Morgan fingerprint density at radius 1 is 1.21 bits per heavy atom. The Kier molecular flexibility index (Phi) is 5.68. The highest BCUT2D eigenvalue weighted by Crippen LogP contribution is 2.33. The topological polar surface area (TPSA) is 71.3 Å². The second-order valence-corrected chi connectivity index (χ2v) is 7.06. The maximum absolute atomic E-state index is 14.8. The predicted molar refractivity (Wildman–Crippen MR) is 106 cm³/mol. The highest BCUT2D eigenvalue weighted by atomic mass is 19.1. The van der Waals surface area contributed by atoms with Gasteiger partial charge in [-0.2, -0.15) is 0 Å². The van der Waals surface area contributed by atoms with Crippen LogP contribution in [0.15, 0.2) is 36.4 Å². The Morgan fingerprint density at radius 3 is 2.59 bits per heavy atom. The van der Waals surface area contributed by atoms with Gasteiger partial charge in [-0.3, -0.25) is 14.2 Å². The van der Waals surface area contributed by atoms with E-state index in [2.05, 4.69) is 5.32 Å². The molecule has 0 spiro atoms. The van der Waals surface area contributed by atoms with Crippen LogP contribution in [0.2, 0.25) is 0 Å². The third-order valence-corrected chi connectivity index (χ3v) is 5.05. The van der Waals surface area contributed by atoms with Crippen molar-refractivity contribution in [3.8, 4) is 5.75 Å². The maximum atomic E-state index is 14.8. The van der Waals surface area contributed by atoms with Crippen molar-refractivity contribution in [3.05, 3.63) is 64.9 Å². The maximum Gasteiger partial charge on any atom is 0.262 e. The molecule has 2 aromatic carbocycles. The number of aromatic nitrogens is 1. The second kappa shape index (κ2) is 8.03. The summed E-state index contributed by atoms with van der Waals surface area (Å²) in [7, 11) is 0. The zero-order valence-electron chi connectivity index (χ0n) is 16.4. The lowest BCUT2D eigenvalue weighted by Crippen LogP contribution is -2.33. The number of aromatic hydroxyl groups is 1. The molecule has 1 unspecified atom stereocenters. The van der Waals surface area contributed by atoms with Gasteiger partial charge in [-0.05, 0) is 56.2 Å². The molecule has 0 saturated carbocycles. The fourth-order valence-electron chi connectivity index (χ4n) is 3.34.